The van der Waals surface area contributed by atoms with Gasteiger partial charge in [-0.3, -0.25) is 0 Å². The Morgan fingerprint density at radius 3 is 2.32 bits per heavy atom. The first-order chi connectivity index (χ1) is 18.0. The van der Waals surface area contributed by atoms with E-state index in [2.05, 4.69) is 35.5 Å². The molecule has 1 saturated heterocycles. The first kappa shape index (κ1) is 25.5. The molecule has 0 amide bonds. The lowest BCUT2D eigenvalue weighted by molar-refractivity contribution is -0.138. The Bertz CT molecular complexity index is 1450. The van der Waals surface area contributed by atoms with Gasteiger partial charge < -0.3 is 15.3 Å². The maximum absolute atomic E-state index is 14.0. The molecule has 198 valence electrons. The average Bonchev–Trinajstić information content (AvgIpc) is 2.88. The Labute approximate surface area is 210 Å². The summed E-state index contributed by atoms with van der Waals surface area (Å²) < 4.78 is 80.3. The summed E-state index contributed by atoms with van der Waals surface area (Å²) in [5.41, 5.74) is -2.30. The average molecular weight is 536 g/mol. The number of fused-ring (bicyclic) bond motifs is 1. The van der Waals surface area contributed by atoms with E-state index in [1.165, 1.54) is 12.3 Å². The quantitative estimate of drug-likeness (QED) is 0.361. The van der Waals surface area contributed by atoms with Crippen LogP contribution >= 0.6 is 0 Å². The molecule has 9 nitrogen and oxygen atoms in total. The zero-order valence-electron chi connectivity index (χ0n) is 19.3. The fourth-order valence-corrected chi connectivity index (χ4v) is 3.95. The van der Waals surface area contributed by atoms with Gasteiger partial charge in [-0.1, -0.05) is 0 Å². The minimum atomic E-state index is -4.77. The fourth-order valence-electron chi connectivity index (χ4n) is 3.95. The van der Waals surface area contributed by atoms with Crippen LogP contribution in [0.5, 0.6) is 0 Å². The van der Waals surface area contributed by atoms with Gasteiger partial charge >= 0.3 is 12.4 Å². The smallest absolute Gasteiger partial charge is 0.393 e. The van der Waals surface area contributed by atoms with E-state index in [1.54, 1.807) is 4.90 Å². The second kappa shape index (κ2) is 9.63. The van der Waals surface area contributed by atoms with Crippen LogP contribution < -0.4 is 10.2 Å². The third kappa shape index (κ3) is 5.27. The van der Waals surface area contributed by atoms with Gasteiger partial charge in [-0.2, -0.15) is 26.3 Å². The maximum Gasteiger partial charge on any atom is 0.418 e. The van der Waals surface area contributed by atoms with Gasteiger partial charge in [-0.25, -0.2) is 19.9 Å². The first-order valence-electron chi connectivity index (χ1n) is 11.3. The van der Waals surface area contributed by atoms with Gasteiger partial charge in [0.25, 0.3) is 0 Å². The van der Waals surface area contributed by atoms with Gasteiger partial charge in [-0.15, -0.1) is 10.2 Å². The van der Waals surface area contributed by atoms with Crippen LogP contribution in [0.3, 0.4) is 0 Å². The predicted octanol–water partition coefficient (Wildman–Crippen LogP) is 4.62. The summed E-state index contributed by atoms with van der Waals surface area (Å²) in [6, 6.07) is 4.36. The van der Waals surface area contributed by atoms with E-state index in [-0.39, 0.29) is 34.2 Å². The van der Waals surface area contributed by atoms with Crippen molar-refractivity contribution in [3.8, 4) is 11.4 Å². The number of rotatable bonds is 4. The Kier molecular flexibility index (Phi) is 6.46. The first-order valence-corrected chi connectivity index (χ1v) is 11.3. The topological polar surface area (TPSA) is 113 Å². The van der Waals surface area contributed by atoms with E-state index in [4.69, 9.17) is 0 Å². The minimum Gasteiger partial charge on any atom is -0.393 e. The summed E-state index contributed by atoms with van der Waals surface area (Å²) in [4.78, 5) is 17.8. The highest BCUT2D eigenvalue weighted by atomic mass is 19.4. The lowest BCUT2D eigenvalue weighted by Gasteiger charge is -2.30. The van der Waals surface area contributed by atoms with Crippen molar-refractivity contribution < 1.29 is 31.4 Å². The van der Waals surface area contributed by atoms with Gasteiger partial charge in [0.15, 0.2) is 11.5 Å². The molecule has 2 N–H and O–H groups in total. The summed E-state index contributed by atoms with van der Waals surface area (Å²) in [5.74, 6) is 0.123. The van der Waals surface area contributed by atoms with Crippen molar-refractivity contribution in [1.82, 2.24) is 30.1 Å². The highest BCUT2D eigenvalue weighted by Crippen LogP contribution is 2.37. The number of aliphatic hydroxyl groups is 1. The molecule has 0 spiro atoms. The number of pyridine rings is 2. The van der Waals surface area contributed by atoms with E-state index >= 15 is 0 Å². The molecule has 4 aromatic heterocycles. The number of aliphatic hydroxyl groups excluding tert-OH is 1. The summed E-state index contributed by atoms with van der Waals surface area (Å²) in [7, 11) is 0. The van der Waals surface area contributed by atoms with E-state index in [1.807, 2.05) is 0 Å². The maximum atomic E-state index is 14.0. The second-order valence-corrected chi connectivity index (χ2v) is 8.52. The van der Waals surface area contributed by atoms with Gasteiger partial charge in [0.05, 0.1) is 29.1 Å². The molecule has 0 saturated carbocycles. The number of anilines is 3. The zero-order valence-corrected chi connectivity index (χ0v) is 19.3. The number of halogens is 6. The molecule has 1 aliphatic heterocycles. The largest absolute Gasteiger partial charge is 0.418 e. The van der Waals surface area contributed by atoms with Gasteiger partial charge in [0.1, 0.15) is 22.7 Å². The summed E-state index contributed by atoms with van der Waals surface area (Å²) >= 11 is 0. The summed E-state index contributed by atoms with van der Waals surface area (Å²) in [5, 5.41) is 20.3. The molecule has 4 aromatic rings. The van der Waals surface area contributed by atoms with Crippen LogP contribution in [0.1, 0.15) is 24.0 Å². The second-order valence-electron chi connectivity index (χ2n) is 8.52. The third-order valence-corrected chi connectivity index (χ3v) is 5.92. The molecule has 0 unspecified atom stereocenters. The lowest BCUT2D eigenvalue weighted by Crippen LogP contribution is -2.36. The number of hydrogen-bond acceptors (Lipinski definition) is 9. The number of hydrogen-bond donors (Lipinski definition) is 2. The van der Waals surface area contributed by atoms with E-state index < -0.39 is 35.3 Å². The molecule has 1 aliphatic rings. The van der Waals surface area contributed by atoms with E-state index in [0.717, 1.165) is 24.4 Å². The van der Waals surface area contributed by atoms with Crippen molar-refractivity contribution in [3.05, 3.63) is 54.0 Å². The monoisotopic (exact) mass is 536 g/mol. The fraction of sp³-hybridized carbons (Fsp3) is 0.304. The van der Waals surface area contributed by atoms with Crippen LogP contribution in [0.25, 0.3) is 22.6 Å². The van der Waals surface area contributed by atoms with Crippen molar-refractivity contribution in [3.63, 3.8) is 0 Å². The van der Waals surface area contributed by atoms with Crippen molar-refractivity contribution in [2.45, 2.75) is 31.3 Å². The summed E-state index contributed by atoms with van der Waals surface area (Å²) in [6.45, 7) is 0.686. The van der Waals surface area contributed by atoms with Crippen LogP contribution in [-0.2, 0) is 12.4 Å². The lowest BCUT2D eigenvalue weighted by atomic mass is 10.1. The molecule has 5 rings (SSSR count). The standard InChI is InChI=1S/C23H18F6N8O/c24-22(25,26)12-1-2-17(31-10-12)33-15-3-6-30-21-20(15)32-11-16(34-21)19-14(23(27,28)29)9-18(35-36-19)37-7-4-13(38)5-8-37/h1-3,6,9-11,13,38H,4-5,7-8H2,(H,30,31,33,34). The SMILES string of the molecule is OC1CCN(c2cc(C(F)(F)F)c(-c3cnc4c(Nc5ccc(C(F)(F)F)cn5)ccnc4n3)nn2)CC1. The predicted molar refractivity (Wildman–Crippen MR) is 123 cm³/mol. The summed E-state index contributed by atoms with van der Waals surface area (Å²) in [6.07, 6.45) is -5.92. The van der Waals surface area contributed by atoms with Crippen molar-refractivity contribution in [2.24, 2.45) is 0 Å². The number of alkyl halides is 6. The molecule has 5 heterocycles. The Balaban J connectivity index is 1.47. The van der Waals surface area contributed by atoms with Crippen LogP contribution in [-0.4, -0.2) is 54.4 Å². The molecule has 0 aromatic carbocycles. The van der Waals surface area contributed by atoms with Gasteiger partial charge in [0, 0.05) is 25.5 Å². The molecule has 0 atom stereocenters. The molecule has 0 bridgehead atoms. The molecular formula is C23H18F6N8O. The molecule has 0 radical (unpaired) electrons. The van der Waals surface area contributed by atoms with Crippen LogP contribution in [0.15, 0.2) is 42.9 Å². The number of aromatic nitrogens is 6. The highest BCUT2D eigenvalue weighted by Gasteiger charge is 2.37. The van der Waals surface area contributed by atoms with E-state index in [0.29, 0.717) is 32.1 Å². The number of piperidine rings is 1. The van der Waals surface area contributed by atoms with Crippen molar-refractivity contribution >= 4 is 28.5 Å². The normalized spacial score (nSPS) is 15.2. The zero-order chi connectivity index (χ0) is 27.1. The Morgan fingerprint density at radius 1 is 0.895 bits per heavy atom. The molecule has 15 heteroatoms. The highest BCUT2D eigenvalue weighted by molar-refractivity contribution is 5.87. The Hall–Kier alpha value is -4.14. The molecule has 38 heavy (non-hydrogen) atoms. The molecular weight excluding hydrogens is 518 g/mol. The number of nitrogens with one attached hydrogen (secondary N) is 1. The van der Waals surface area contributed by atoms with Crippen LogP contribution in [0, 0.1) is 0 Å². The van der Waals surface area contributed by atoms with E-state index in [9.17, 15) is 31.4 Å². The van der Waals surface area contributed by atoms with Crippen molar-refractivity contribution in [1.29, 1.82) is 0 Å². The molecule has 1 fully saturated rings. The third-order valence-electron chi connectivity index (χ3n) is 5.92. The van der Waals surface area contributed by atoms with Crippen LogP contribution in [0.2, 0.25) is 0 Å². The van der Waals surface area contributed by atoms with Gasteiger partial charge in [0.2, 0.25) is 0 Å². The Morgan fingerprint density at radius 2 is 1.66 bits per heavy atom. The van der Waals surface area contributed by atoms with Crippen molar-refractivity contribution in [2.75, 3.05) is 23.3 Å². The number of nitrogens with zero attached hydrogens (tertiary/aromatic N) is 7. The minimum absolute atomic E-state index is 0.0246. The van der Waals surface area contributed by atoms with Crippen LogP contribution in [0.4, 0.5) is 43.7 Å². The molecule has 0 aliphatic carbocycles. The van der Waals surface area contributed by atoms with Gasteiger partial charge in [-0.05, 0) is 37.1 Å².